The number of alkyl halides is 3. The molecule has 29 heavy (non-hydrogen) atoms. The van der Waals surface area contributed by atoms with Gasteiger partial charge in [-0.25, -0.2) is 0 Å². The lowest BCUT2D eigenvalue weighted by molar-refractivity contribution is -0.136. The van der Waals surface area contributed by atoms with Crippen molar-refractivity contribution in [2.45, 2.75) is 50.8 Å². The zero-order valence-electron chi connectivity index (χ0n) is 16.8. The Kier molecular flexibility index (Phi) is 7.27. The predicted octanol–water partition coefficient (Wildman–Crippen LogP) is 4.12. The first kappa shape index (κ1) is 21.7. The van der Waals surface area contributed by atoms with Crippen LogP contribution in [-0.2, 0) is 0 Å². The number of rotatable bonds is 7. The van der Waals surface area contributed by atoms with Gasteiger partial charge in [0.15, 0.2) is 0 Å². The second-order valence-electron chi connectivity index (χ2n) is 7.74. The van der Waals surface area contributed by atoms with Crippen molar-refractivity contribution >= 4 is 5.91 Å². The molecule has 0 aliphatic carbocycles. The number of halogens is 3. The molecule has 0 unspecified atom stereocenters. The minimum absolute atomic E-state index is 0.0234. The zero-order chi connectivity index (χ0) is 20.9. The molecule has 1 aromatic carbocycles. The molecule has 2 aliphatic heterocycles. The van der Waals surface area contributed by atoms with Gasteiger partial charge in [0.25, 0.3) is 5.91 Å². The van der Waals surface area contributed by atoms with Gasteiger partial charge in [0.05, 0.1) is 12.7 Å². The van der Waals surface area contributed by atoms with E-state index in [1.807, 2.05) is 9.80 Å². The lowest BCUT2D eigenvalue weighted by Gasteiger charge is -2.32. The maximum Gasteiger partial charge on any atom is 0.389 e. The van der Waals surface area contributed by atoms with E-state index >= 15 is 0 Å². The summed E-state index contributed by atoms with van der Waals surface area (Å²) in [6, 6.07) is 5.26. The first-order chi connectivity index (χ1) is 13.9. The molecule has 2 aliphatic rings. The lowest BCUT2D eigenvalue weighted by Crippen LogP contribution is -2.39. The number of piperidine rings is 1. The van der Waals surface area contributed by atoms with Gasteiger partial charge in [-0.1, -0.05) is 0 Å². The van der Waals surface area contributed by atoms with Gasteiger partial charge < -0.3 is 19.3 Å². The Hall–Kier alpha value is -1.96. The first-order valence-electron chi connectivity index (χ1n) is 10.3. The molecule has 2 fully saturated rings. The highest BCUT2D eigenvalue weighted by molar-refractivity contribution is 5.97. The van der Waals surface area contributed by atoms with Crippen LogP contribution in [0.15, 0.2) is 18.2 Å². The van der Waals surface area contributed by atoms with E-state index in [9.17, 15) is 18.0 Å². The van der Waals surface area contributed by atoms with Gasteiger partial charge >= 0.3 is 6.18 Å². The molecule has 1 amide bonds. The van der Waals surface area contributed by atoms with Gasteiger partial charge in [0.2, 0.25) is 0 Å². The molecule has 0 saturated carbocycles. The fraction of sp³-hybridized carbons (Fsp3) is 0.667. The van der Waals surface area contributed by atoms with Crippen LogP contribution in [0.1, 0.15) is 48.9 Å². The third-order valence-electron chi connectivity index (χ3n) is 5.58. The Labute approximate surface area is 169 Å². The Balaban J connectivity index is 1.57. The third kappa shape index (κ3) is 6.26. The molecule has 0 N–H and O–H groups in total. The van der Waals surface area contributed by atoms with Crippen LogP contribution in [0.3, 0.4) is 0 Å². The molecule has 0 radical (unpaired) electrons. The average Bonchev–Trinajstić information content (AvgIpc) is 3.22. The highest BCUT2D eigenvalue weighted by Crippen LogP contribution is 2.30. The summed E-state index contributed by atoms with van der Waals surface area (Å²) in [5, 5.41) is 0. The molecular formula is C21H29F3N2O3. The van der Waals surface area contributed by atoms with Crippen LogP contribution >= 0.6 is 0 Å². The first-order valence-corrected chi connectivity index (χ1v) is 10.3. The predicted molar refractivity (Wildman–Crippen MR) is 104 cm³/mol. The maximum atomic E-state index is 12.9. The van der Waals surface area contributed by atoms with Gasteiger partial charge in [0.1, 0.15) is 17.6 Å². The summed E-state index contributed by atoms with van der Waals surface area (Å²) in [6.07, 6.45) is -1.29. The highest BCUT2D eigenvalue weighted by Gasteiger charge is 2.28. The second-order valence-corrected chi connectivity index (χ2v) is 7.74. The molecule has 5 nitrogen and oxygen atoms in total. The van der Waals surface area contributed by atoms with Gasteiger partial charge in [-0.05, 0) is 50.8 Å². The SMILES string of the molecule is COc1ccc(C(=O)N2CCCC2)c(OC2CCN(CCCC(F)(F)F)CC2)c1. The highest BCUT2D eigenvalue weighted by atomic mass is 19.4. The number of nitrogens with zero attached hydrogens (tertiary/aromatic N) is 2. The molecule has 8 heteroatoms. The van der Waals surface area contributed by atoms with E-state index in [0.29, 0.717) is 36.7 Å². The number of hydrogen-bond acceptors (Lipinski definition) is 4. The van der Waals surface area contributed by atoms with E-state index in [-0.39, 0.29) is 18.4 Å². The Bertz CT molecular complexity index is 682. The van der Waals surface area contributed by atoms with Crippen molar-refractivity contribution in [1.82, 2.24) is 9.80 Å². The summed E-state index contributed by atoms with van der Waals surface area (Å²) in [4.78, 5) is 16.8. The molecule has 3 rings (SSSR count). The average molecular weight is 414 g/mol. The molecule has 2 heterocycles. The minimum Gasteiger partial charge on any atom is -0.497 e. The van der Waals surface area contributed by atoms with Crippen LogP contribution in [-0.4, -0.2) is 67.8 Å². The fourth-order valence-electron chi connectivity index (χ4n) is 3.93. The van der Waals surface area contributed by atoms with Crippen LogP contribution in [0, 0.1) is 0 Å². The Morgan fingerprint density at radius 1 is 1.14 bits per heavy atom. The van der Waals surface area contributed by atoms with E-state index in [0.717, 1.165) is 38.8 Å². The quantitative estimate of drug-likeness (QED) is 0.673. The Morgan fingerprint density at radius 2 is 1.83 bits per heavy atom. The van der Waals surface area contributed by atoms with E-state index < -0.39 is 12.6 Å². The van der Waals surface area contributed by atoms with Crippen molar-refractivity contribution in [2.24, 2.45) is 0 Å². The van der Waals surface area contributed by atoms with Crippen molar-refractivity contribution in [1.29, 1.82) is 0 Å². The summed E-state index contributed by atoms with van der Waals surface area (Å²) < 4.78 is 48.4. The van der Waals surface area contributed by atoms with Crippen LogP contribution in [0.25, 0.3) is 0 Å². The fourth-order valence-corrected chi connectivity index (χ4v) is 3.93. The number of methoxy groups -OCH3 is 1. The largest absolute Gasteiger partial charge is 0.497 e. The smallest absolute Gasteiger partial charge is 0.389 e. The van der Waals surface area contributed by atoms with Crippen LogP contribution in [0.2, 0.25) is 0 Å². The molecule has 2 saturated heterocycles. The van der Waals surface area contributed by atoms with E-state index in [4.69, 9.17) is 9.47 Å². The van der Waals surface area contributed by atoms with Gasteiger partial charge in [-0.3, -0.25) is 4.79 Å². The van der Waals surface area contributed by atoms with E-state index in [1.54, 1.807) is 25.3 Å². The van der Waals surface area contributed by atoms with Gasteiger partial charge in [0, 0.05) is 38.7 Å². The van der Waals surface area contributed by atoms with E-state index in [1.165, 1.54) is 0 Å². The minimum atomic E-state index is -4.09. The number of ether oxygens (including phenoxy) is 2. The normalized spacial score (nSPS) is 18.8. The number of carbonyl (C=O) groups is 1. The Morgan fingerprint density at radius 3 is 2.45 bits per heavy atom. The van der Waals surface area contributed by atoms with Crippen molar-refractivity contribution < 1.29 is 27.4 Å². The molecule has 0 bridgehead atoms. The third-order valence-corrected chi connectivity index (χ3v) is 5.58. The van der Waals surface area contributed by atoms with Crippen LogP contribution < -0.4 is 9.47 Å². The molecule has 0 atom stereocenters. The standard InChI is InChI=1S/C21H29F3N2O3/c1-28-17-5-6-18(20(27)26-11-2-3-12-26)19(15-17)29-16-7-13-25(14-8-16)10-4-9-21(22,23)24/h5-6,15-16H,2-4,7-14H2,1H3. The summed E-state index contributed by atoms with van der Waals surface area (Å²) in [5.74, 6) is 1.13. The lowest BCUT2D eigenvalue weighted by atomic mass is 10.1. The molecular weight excluding hydrogens is 385 g/mol. The summed E-state index contributed by atoms with van der Waals surface area (Å²) in [5.41, 5.74) is 0.542. The number of likely N-dealkylation sites (tertiary alicyclic amines) is 2. The van der Waals surface area contributed by atoms with Crippen LogP contribution in [0.4, 0.5) is 13.2 Å². The second kappa shape index (κ2) is 9.69. The number of amides is 1. The van der Waals surface area contributed by atoms with E-state index in [2.05, 4.69) is 0 Å². The van der Waals surface area contributed by atoms with Crippen molar-refractivity contribution in [3.05, 3.63) is 23.8 Å². The van der Waals surface area contributed by atoms with Gasteiger partial charge in [-0.15, -0.1) is 0 Å². The topological polar surface area (TPSA) is 42.0 Å². The van der Waals surface area contributed by atoms with Crippen molar-refractivity contribution in [3.8, 4) is 11.5 Å². The summed E-state index contributed by atoms with van der Waals surface area (Å²) in [7, 11) is 1.57. The maximum absolute atomic E-state index is 12.9. The zero-order valence-corrected chi connectivity index (χ0v) is 16.8. The van der Waals surface area contributed by atoms with Crippen LogP contribution in [0.5, 0.6) is 11.5 Å². The molecule has 162 valence electrons. The van der Waals surface area contributed by atoms with Crippen molar-refractivity contribution in [3.63, 3.8) is 0 Å². The number of carbonyl (C=O) groups excluding carboxylic acids is 1. The van der Waals surface area contributed by atoms with Gasteiger partial charge in [-0.2, -0.15) is 13.2 Å². The molecule has 0 aromatic heterocycles. The monoisotopic (exact) mass is 414 g/mol. The van der Waals surface area contributed by atoms with Crippen molar-refractivity contribution in [2.75, 3.05) is 39.8 Å². The molecule has 1 aromatic rings. The molecule has 0 spiro atoms. The number of benzene rings is 1. The summed E-state index contributed by atoms with van der Waals surface area (Å²) >= 11 is 0. The summed E-state index contributed by atoms with van der Waals surface area (Å²) in [6.45, 7) is 3.37. The number of hydrogen-bond donors (Lipinski definition) is 0.